The van der Waals surface area contributed by atoms with Crippen LogP contribution >= 0.6 is 0 Å². The highest BCUT2D eigenvalue weighted by Crippen LogP contribution is 2.38. The van der Waals surface area contributed by atoms with Crippen molar-refractivity contribution >= 4 is 17.3 Å². The Morgan fingerprint density at radius 1 is 0.967 bits per heavy atom. The first kappa shape index (κ1) is 19.4. The highest BCUT2D eigenvalue weighted by atomic mass is 16.2. The average molecular weight is 405 g/mol. The van der Waals surface area contributed by atoms with Crippen LogP contribution in [-0.4, -0.2) is 18.2 Å². The van der Waals surface area contributed by atoms with Crippen LogP contribution in [0, 0.1) is 12.8 Å². The standard InChI is InChI=1S/C25H32N4O/c1-16-9-8-12-18-15-21(26-22(16)18)24(30)29-25-27-20-14-7-6-13-19(20)23(28-25)17-10-4-2-3-5-11-17/h6-9,12-14,17,21,23,25-28H,2-5,10-11,15H2,1H3,(H,29,30). The number of para-hydroxylation sites is 2. The van der Waals surface area contributed by atoms with Gasteiger partial charge in [0, 0.05) is 23.8 Å². The molecule has 158 valence electrons. The molecule has 3 aliphatic rings. The van der Waals surface area contributed by atoms with Crippen LogP contribution in [-0.2, 0) is 11.2 Å². The summed E-state index contributed by atoms with van der Waals surface area (Å²) in [4.78, 5) is 13.1. The Balaban J connectivity index is 1.31. The lowest BCUT2D eigenvalue weighted by Gasteiger charge is -2.39. The molecule has 1 fully saturated rings. The van der Waals surface area contributed by atoms with Gasteiger partial charge >= 0.3 is 0 Å². The summed E-state index contributed by atoms with van der Waals surface area (Å²) < 4.78 is 0. The van der Waals surface area contributed by atoms with Crippen molar-refractivity contribution in [2.45, 2.75) is 70.2 Å². The van der Waals surface area contributed by atoms with E-state index in [1.165, 1.54) is 55.2 Å². The normalized spacial score (nSPS) is 26.0. The maximum absolute atomic E-state index is 13.1. The number of aryl methyl sites for hydroxylation is 1. The molecule has 30 heavy (non-hydrogen) atoms. The molecule has 1 saturated carbocycles. The molecular weight excluding hydrogens is 372 g/mol. The van der Waals surface area contributed by atoms with Crippen molar-refractivity contribution in [3.63, 3.8) is 0 Å². The molecule has 1 amide bonds. The van der Waals surface area contributed by atoms with Gasteiger partial charge in [0.15, 0.2) is 6.29 Å². The van der Waals surface area contributed by atoms with E-state index in [9.17, 15) is 4.79 Å². The largest absolute Gasteiger partial charge is 0.373 e. The number of hydrogen-bond acceptors (Lipinski definition) is 4. The zero-order chi connectivity index (χ0) is 20.5. The Kier molecular flexibility index (Phi) is 5.38. The molecule has 5 nitrogen and oxygen atoms in total. The van der Waals surface area contributed by atoms with Gasteiger partial charge in [-0.2, -0.15) is 0 Å². The number of hydrogen-bond donors (Lipinski definition) is 4. The van der Waals surface area contributed by atoms with Crippen LogP contribution in [0.3, 0.4) is 0 Å². The Bertz CT molecular complexity index is 919. The number of amides is 1. The Morgan fingerprint density at radius 3 is 2.57 bits per heavy atom. The van der Waals surface area contributed by atoms with E-state index >= 15 is 0 Å². The second kappa shape index (κ2) is 8.31. The van der Waals surface area contributed by atoms with Crippen molar-refractivity contribution in [2.75, 3.05) is 10.6 Å². The first-order valence-electron chi connectivity index (χ1n) is 11.5. The lowest BCUT2D eigenvalue weighted by molar-refractivity contribution is -0.122. The van der Waals surface area contributed by atoms with E-state index in [2.05, 4.69) is 70.7 Å². The Labute approximate surface area is 179 Å². The minimum atomic E-state index is -0.257. The molecule has 5 heteroatoms. The third-order valence-electron chi connectivity index (χ3n) is 7.02. The number of benzene rings is 2. The van der Waals surface area contributed by atoms with Gasteiger partial charge in [-0.25, -0.2) is 0 Å². The van der Waals surface area contributed by atoms with Crippen LogP contribution in [0.4, 0.5) is 11.4 Å². The van der Waals surface area contributed by atoms with E-state index in [4.69, 9.17) is 0 Å². The van der Waals surface area contributed by atoms with Gasteiger partial charge in [0.25, 0.3) is 0 Å². The molecule has 1 aliphatic carbocycles. The Hall–Kier alpha value is -2.53. The third-order valence-corrected chi connectivity index (χ3v) is 7.02. The summed E-state index contributed by atoms with van der Waals surface area (Å²) >= 11 is 0. The first-order chi connectivity index (χ1) is 14.7. The summed E-state index contributed by atoms with van der Waals surface area (Å²) in [6, 6.07) is 14.9. The average Bonchev–Trinajstić information content (AvgIpc) is 3.02. The van der Waals surface area contributed by atoms with Crippen molar-refractivity contribution in [1.29, 1.82) is 0 Å². The topological polar surface area (TPSA) is 65.2 Å². The van der Waals surface area contributed by atoms with Crippen LogP contribution in [0.1, 0.15) is 61.3 Å². The molecule has 2 aliphatic heterocycles. The molecule has 3 unspecified atom stereocenters. The molecule has 0 aromatic heterocycles. The molecule has 4 N–H and O–H groups in total. The molecule has 0 radical (unpaired) electrons. The summed E-state index contributed by atoms with van der Waals surface area (Å²) in [5, 5.41) is 13.9. The van der Waals surface area contributed by atoms with Gasteiger partial charge in [0.2, 0.25) is 5.91 Å². The fourth-order valence-electron chi connectivity index (χ4n) is 5.43. The highest BCUT2D eigenvalue weighted by Gasteiger charge is 2.34. The second-order valence-corrected chi connectivity index (χ2v) is 9.08. The van der Waals surface area contributed by atoms with E-state index in [1.807, 2.05) is 0 Å². The third kappa shape index (κ3) is 3.79. The molecule has 0 spiro atoms. The lowest BCUT2D eigenvalue weighted by Crippen LogP contribution is -2.57. The van der Waals surface area contributed by atoms with E-state index < -0.39 is 0 Å². The van der Waals surface area contributed by atoms with E-state index in [1.54, 1.807) is 0 Å². The van der Waals surface area contributed by atoms with Crippen LogP contribution in [0.15, 0.2) is 42.5 Å². The maximum Gasteiger partial charge on any atom is 0.245 e. The molecule has 0 bridgehead atoms. The summed E-state index contributed by atoms with van der Waals surface area (Å²) in [5.74, 6) is 0.654. The molecule has 0 saturated heterocycles. The Morgan fingerprint density at radius 2 is 1.77 bits per heavy atom. The fraction of sp³-hybridized carbons (Fsp3) is 0.480. The quantitative estimate of drug-likeness (QED) is 0.571. The van der Waals surface area contributed by atoms with Crippen molar-refractivity contribution in [3.8, 4) is 0 Å². The van der Waals surface area contributed by atoms with Gasteiger partial charge < -0.3 is 16.0 Å². The number of nitrogens with one attached hydrogen (secondary N) is 4. The molecule has 5 rings (SSSR count). The molecule has 3 atom stereocenters. The number of carbonyl (C=O) groups excluding carboxylic acids is 1. The van der Waals surface area contributed by atoms with Gasteiger partial charge in [-0.3, -0.25) is 10.1 Å². The number of anilines is 2. The smallest absolute Gasteiger partial charge is 0.245 e. The second-order valence-electron chi connectivity index (χ2n) is 9.08. The van der Waals surface area contributed by atoms with Crippen molar-refractivity contribution in [1.82, 2.24) is 10.6 Å². The minimum Gasteiger partial charge on any atom is -0.373 e. The zero-order valence-corrected chi connectivity index (χ0v) is 17.7. The molecule has 2 aromatic carbocycles. The van der Waals surface area contributed by atoms with E-state index in [0.29, 0.717) is 5.92 Å². The monoisotopic (exact) mass is 404 g/mol. The predicted octanol–water partition coefficient (Wildman–Crippen LogP) is 4.46. The zero-order valence-electron chi connectivity index (χ0n) is 17.7. The summed E-state index contributed by atoms with van der Waals surface area (Å²) in [7, 11) is 0. The highest BCUT2D eigenvalue weighted by molar-refractivity contribution is 5.88. The van der Waals surface area contributed by atoms with Crippen molar-refractivity contribution < 1.29 is 4.79 Å². The number of fused-ring (bicyclic) bond motifs is 2. The number of carbonyl (C=O) groups is 1. The molecule has 2 heterocycles. The van der Waals surface area contributed by atoms with E-state index in [0.717, 1.165) is 17.8 Å². The summed E-state index contributed by atoms with van der Waals surface area (Å²) in [6.07, 6.45) is 8.28. The lowest BCUT2D eigenvalue weighted by atomic mass is 9.85. The van der Waals surface area contributed by atoms with Gasteiger partial charge in [-0.15, -0.1) is 0 Å². The van der Waals surface area contributed by atoms with Gasteiger partial charge in [-0.05, 0) is 48.4 Å². The van der Waals surface area contributed by atoms with Crippen molar-refractivity contribution in [2.24, 2.45) is 5.92 Å². The predicted molar refractivity (Wildman–Crippen MR) is 121 cm³/mol. The van der Waals surface area contributed by atoms with Gasteiger partial charge in [0.1, 0.15) is 6.04 Å². The van der Waals surface area contributed by atoms with E-state index in [-0.39, 0.29) is 24.3 Å². The van der Waals surface area contributed by atoms with Gasteiger partial charge in [-0.1, -0.05) is 62.1 Å². The first-order valence-corrected chi connectivity index (χ1v) is 11.5. The van der Waals surface area contributed by atoms with Crippen molar-refractivity contribution in [3.05, 3.63) is 59.2 Å². The number of rotatable bonds is 3. The van der Waals surface area contributed by atoms with Crippen LogP contribution in [0.2, 0.25) is 0 Å². The van der Waals surface area contributed by atoms with Gasteiger partial charge in [0.05, 0.1) is 0 Å². The van der Waals surface area contributed by atoms with Crippen LogP contribution in [0.5, 0.6) is 0 Å². The SMILES string of the molecule is Cc1cccc2c1NC(C(=O)NC1Nc3ccccc3C(C3CCCCCC3)N1)C2. The van der Waals surface area contributed by atoms with Crippen LogP contribution < -0.4 is 21.3 Å². The summed E-state index contributed by atoms with van der Waals surface area (Å²) in [6.45, 7) is 2.09. The fourth-order valence-corrected chi connectivity index (χ4v) is 5.43. The minimum absolute atomic E-state index is 0.0367. The molecule has 2 aromatic rings. The summed E-state index contributed by atoms with van der Waals surface area (Å²) in [5.41, 5.74) is 6.00. The maximum atomic E-state index is 13.1. The van der Waals surface area contributed by atoms with Crippen LogP contribution in [0.25, 0.3) is 0 Å². The molecular formula is C25H32N4O.